The zero-order chi connectivity index (χ0) is 21.1. The maximum atomic E-state index is 13.4. The molecule has 1 fully saturated rings. The number of carbonyl (C=O) groups is 1. The number of anilines is 1. The van der Waals surface area contributed by atoms with E-state index in [1.165, 1.54) is 0 Å². The van der Waals surface area contributed by atoms with Gasteiger partial charge in [-0.2, -0.15) is 0 Å². The Hall–Kier alpha value is -1.79. The molecule has 2 aromatic carbocycles. The number of benzene rings is 2. The average molecular weight is 450 g/mol. The van der Waals surface area contributed by atoms with Gasteiger partial charge in [0.2, 0.25) is 0 Å². The molecule has 0 radical (unpaired) electrons. The molecule has 0 aliphatic carbocycles. The Balaban J connectivity index is 1.57. The molecule has 160 valence electrons. The first-order valence-corrected chi connectivity index (χ1v) is 11.1. The standard InChI is InChI=1S/C23H25Cl2NO4/c1-2-3-4-12-28-17-8-6-16(7-9-17)15-26-21-18(10-11-19(24)20(21)25)23(22(26)27)29-13-5-14-30-23/h6-11H,2-5,12-15H2,1H3. The highest BCUT2D eigenvalue weighted by atomic mass is 35.5. The molecule has 0 bridgehead atoms. The summed E-state index contributed by atoms with van der Waals surface area (Å²) in [6.07, 6.45) is 4.10. The largest absolute Gasteiger partial charge is 0.494 e. The van der Waals surface area contributed by atoms with Crippen LogP contribution in [0.5, 0.6) is 5.75 Å². The zero-order valence-electron chi connectivity index (χ0n) is 17.0. The Bertz CT molecular complexity index is 910. The third-order valence-electron chi connectivity index (χ3n) is 5.40. The minimum Gasteiger partial charge on any atom is -0.494 e. The quantitative estimate of drug-likeness (QED) is 0.508. The lowest BCUT2D eigenvalue weighted by Crippen LogP contribution is -2.47. The number of fused-ring (bicyclic) bond motifs is 2. The Morgan fingerprint density at radius 2 is 1.80 bits per heavy atom. The molecule has 0 N–H and O–H groups in total. The summed E-state index contributed by atoms with van der Waals surface area (Å²) >= 11 is 12.8. The van der Waals surface area contributed by atoms with Gasteiger partial charge in [-0.05, 0) is 42.7 Å². The second kappa shape index (κ2) is 9.15. The minimum atomic E-state index is -1.44. The van der Waals surface area contributed by atoms with Gasteiger partial charge in [0.05, 0.1) is 42.1 Å². The molecule has 1 amide bonds. The predicted octanol–water partition coefficient (Wildman–Crippen LogP) is 5.70. The van der Waals surface area contributed by atoms with Crippen LogP contribution in [0.4, 0.5) is 5.69 Å². The van der Waals surface area contributed by atoms with E-state index in [4.69, 9.17) is 37.4 Å². The minimum absolute atomic E-state index is 0.277. The summed E-state index contributed by atoms with van der Waals surface area (Å²) in [5, 5.41) is 0.713. The van der Waals surface area contributed by atoms with Gasteiger partial charge in [-0.1, -0.05) is 55.1 Å². The second-order valence-electron chi connectivity index (χ2n) is 7.52. The summed E-state index contributed by atoms with van der Waals surface area (Å²) in [7, 11) is 0. The van der Waals surface area contributed by atoms with E-state index in [0.717, 1.165) is 37.0 Å². The van der Waals surface area contributed by atoms with Crippen LogP contribution in [-0.4, -0.2) is 25.7 Å². The molecule has 7 heteroatoms. The van der Waals surface area contributed by atoms with Crippen LogP contribution in [0.1, 0.15) is 43.7 Å². The lowest BCUT2D eigenvalue weighted by atomic mass is 10.1. The molecular formula is C23H25Cl2NO4. The van der Waals surface area contributed by atoms with Crippen molar-refractivity contribution >= 4 is 34.8 Å². The van der Waals surface area contributed by atoms with E-state index in [9.17, 15) is 4.79 Å². The summed E-state index contributed by atoms with van der Waals surface area (Å²) in [5.74, 6) is -0.898. The molecule has 0 unspecified atom stereocenters. The van der Waals surface area contributed by atoms with Gasteiger partial charge in [0, 0.05) is 5.56 Å². The maximum Gasteiger partial charge on any atom is 0.292 e. The number of hydrogen-bond acceptors (Lipinski definition) is 4. The van der Waals surface area contributed by atoms with Crippen molar-refractivity contribution < 1.29 is 19.0 Å². The number of nitrogens with zero attached hydrogens (tertiary/aromatic N) is 1. The fourth-order valence-corrected chi connectivity index (χ4v) is 4.26. The van der Waals surface area contributed by atoms with Crippen LogP contribution < -0.4 is 9.64 Å². The molecule has 2 aromatic rings. The van der Waals surface area contributed by atoms with Crippen molar-refractivity contribution in [3.8, 4) is 5.75 Å². The van der Waals surface area contributed by atoms with Crippen LogP contribution >= 0.6 is 23.2 Å². The van der Waals surface area contributed by atoms with Crippen LogP contribution in [-0.2, 0) is 26.6 Å². The molecule has 0 saturated carbocycles. The van der Waals surface area contributed by atoms with Gasteiger partial charge in [-0.3, -0.25) is 4.79 Å². The van der Waals surface area contributed by atoms with Crippen LogP contribution in [0.15, 0.2) is 36.4 Å². The molecule has 5 nitrogen and oxygen atoms in total. The van der Waals surface area contributed by atoms with Gasteiger partial charge < -0.3 is 19.1 Å². The zero-order valence-corrected chi connectivity index (χ0v) is 18.5. The highest BCUT2D eigenvalue weighted by Crippen LogP contribution is 2.50. The van der Waals surface area contributed by atoms with E-state index in [-0.39, 0.29) is 5.91 Å². The third-order valence-corrected chi connectivity index (χ3v) is 6.19. The highest BCUT2D eigenvalue weighted by molar-refractivity contribution is 6.44. The molecule has 0 atom stereocenters. The number of amides is 1. The summed E-state index contributed by atoms with van der Waals surface area (Å²) < 4.78 is 17.5. The maximum absolute atomic E-state index is 13.4. The van der Waals surface area contributed by atoms with E-state index < -0.39 is 5.79 Å². The summed E-state index contributed by atoms with van der Waals surface area (Å²) in [5.41, 5.74) is 2.10. The topological polar surface area (TPSA) is 48.0 Å². The molecule has 2 heterocycles. The SMILES string of the molecule is CCCCCOc1ccc(CN2C(=O)C3(OCCCO3)c3ccc(Cl)c(Cl)c32)cc1. The van der Waals surface area contributed by atoms with Crippen LogP contribution in [0.25, 0.3) is 0 Å². The molecule has 2 aliphatic rings. The van der Waals surface area contributed by atoms with E-state index in [2.05, 4.69) is 6.92 Å². The smallest absolute Gasteiger partial charge is 0.292 e. The van der Waals surface area contributed by atoms with Crippen LogP contribution in [0.3, 0.4) is 0 Å². The lowest BCUT2D eigenvalue weighted by molar-refractivity contribution is -0.256. The molecular weight excluding hydrogens is 425 g/mol. The number of ether oxygens (including phenoxy) is 3. The highest BCUT2D eigenvalue weighted by Gasteiger charge is 2.55. The normalized spacial score (nSPS) is 17.4. The summed E-state index contributed by atoms with van der Waals surface area (Å²) in [6.45, 7) is 4.10. The average Bonchev–Trinajstić information content (AvgIpc) is 2.98. The van der Waals surface area contributed by atoms with Crippen molar-refractivity contribution in [3.05, 3.63) is 57.6 Å². The van der Waals surface area contributed by atoms with Crippen molar-refractivity contribution in [1.82, 2.24) is 0 Å². The summed E-state index contributed by atoms with van der Waals surface area (Å²) in [6, 6.07) is 11.2. The van der Waals surface area contributed by atoms with Gasteiger partial charge in [0.15, 0.2) is 0 Å². The molecule has 1 saturated heterocycles. The van der Waals surface area contributed by atoms with E-state index >= 15 is 0 Å². The fourth-order valence-electron chi connectivity index (χ4n) is 3.84. The second-order valence-corrected chi connectivity index (χ2v) is 8.30. The first kappa shape index (κ1) is 21.4. The Labute approximate surface area is 186 Å². The van der Waals surface area contributed by atoms with Gasteiger partial charge in [0.25, 0.3) is 11.7 Å². The fraction of sp³-hybridized carbons (Fsp3) is 0.435. The van der Waals surface area contributed by atoms with Crippen molar-refractivity contribution in [2.45, 2.75) is 44.9 Å². The molecule has 30 heavy (non-hydrogen) atoms. The number of carbonyl (C=O) groups excluding carboxylic acids is 1. The van der Waals surface area contributed by atoms with E-state index in [1.54, 1.807) is 17.0 Å². The molecule has 2 aliphatic heterocycles. The van der Waals surface area contributed by atoms with Crippen molar-refractivity contribution in [2.75, 3.05) is 24.7 Å². The lowest BCUT2D eigenvalue weighted by Gasteiger charge is -2.32. The predicted molar refractivity (Wildman–Crippen MR) is 117 cm³/mol. The number of unbranched alkanes of at least 4 members (excludes halogenated alkanes) is 2. The third kappa shape index (κ3) is 3.92. The summed E-state index contributed by atoms with van der Waals surface area (Å²) in [4.78, 5) is 15.0. The number of rotatable bonds is 7. The van der Waals surface area contributed by atoms with Gasteiger partial charge in [-0.15, -0.1) is 0 Å². The van der Waals surface area contributed by atoms with Gasteiger partial charge in [0.1, 0.15) is 5.75 Å². The van der Waals surface area contributed by atoms with E-state index in [0.29, 0.717) is 47.7 Å². The molecule has 4 rings (SSSR count). The van der Waals surface area contributed by atoms with Gasteiger partial charge in [-0.25, -0.2) is 0 Å². The number of hydrogen-bond donors (Lipinski definition) is 0. The van der Waals surface area contributed by atoms with Gasteiger partial charge >= 0.3 is 0 Å². The molecule has 0 aromatic heterocycles. The van der Waals surface area contributed by atoms with Crippen molar-refractivity contribution in [2.24, 2.45) is 0 Å². The Morgan fingerprint density at radius 1 is 1.07 bits per heavy atom. The Morgan fingerprint density at radius 3 is 2.50 bits per heavy atom. The van der Waals surface area contributed by atoms with Crippen LogP contribution in [0.2, 0.25) is 10.0 Å². The van der Waals surface area contributed by atoms with E-state index in [1.807, 2.05) is 24.3 Å². The first-order valence-electron chi connectivity index (χ1n) is 10.4. The Kier molecular flexibility index (Phi) is 6.54. The monoisotopic (exact) mass is 449 g/mol. The molecule has 1 spiro atoms. The van der Waals surface area contributed by atoms with Crippen molar-refractivity contribution in [3.63, 3.8) is 0 Å². The van der Waals surface area contributed by atoms with Crippen LogP contribution in [0, 0.1) is 0 Å². The first-order chi connectivity index (χ1) is 14.6. The number of halogens is 2. The van der Waals surface area contributed by atoms with Crippen molar-refractivity contribution in [1.29, 1.82) is 0 Å².